The maximum Gasteiger partial charge on any atom is 0.147 e. The first-order chi connectivity index (χ1) is 5.06. The minimum Gasteiger partial charge on any atom is -0.229 e. The van der Waals surface area contributed by atoms with Gasteiger partial charge >= 0.3 is 0 Å². The molecule has 0 bridgehead atoms. The minimum atomic E-state index is -2.72. The minimum absolute atomic E-state index is 0.343. The standard InChI is InChI=1S/C7H15BrO2S/c1-11(9,10)7-5-3-2-4-6-8/h2-7H2,1H3. The van der Waals surface area contributed by atoms with Crippen LogP contribution < -0.4 is 0 Å². The Labute approximate surface area is 77.4 Å². The molecule has 0 fully saturated rings. The van der Waals surface area contributed by atoms with Crippen molar-refractivity contribution in [3.63, 3.8) is 0 Å². The molecule has 0 atom stereocenters. The Morgan fingerprint density at radius 2 is 1.64 bits per heavy atom. The molecule has 0 saturated carbocycles. The van der Waals surface area contributed by atoms with E-state index in [1.807, 2.05) is 0 Å². The van der Waals surface area contributed by atoms with Gasteiger partial charge < -0.3 is 0 Å². The summed E-state index contributed by atoms with van der Waals surface area (Å²) < 4.78 is 21.3. The average molecular weight is 243 g/mol. The number of rotatable bonds is 6. The van der Waals surface area contributed by atoms with E-state index >= 15 is 0 Å². The Bertz CT molecular complexity index is 175. The molecule has 0 saturated heterocycles. The molecule has 0 aliphatic carbocycles. The SMILES string of the molecule is CS(=O)(=O)CCCCCCBr. The Kier molecular flexibility index (Phi) is 6.24. The number of sulfone groups is 1. The fourth-order valence-corrected chi connectivity index (χ4v) is 1.94. The molecule has 0 spiro atoms. The maximum absolute atomic E-state index is 10.7. The van der Waals surface area contributed by atoms with Crippen LogP contribution in [-0.2, 0) is 9.84 Å². The van der Waals surface area contributed by atoms with Crippen molar-refractivity contribution >= 4 is 25.8 Å². The van der Waals surface area contributed by atoms with Crippen LogP contribution in [0, 0.1) is 0 Å². The quantitative estimate of drug-likeness (QED) is 0.528. The van der Waals surface area contributed by atoms with Gasteiger partial charge in [0.05, 0.1) is 0 Å². The Balaban J connectivity index is 3.16. The van der Waals surface area contributed by atoms with E-state index in [0.29, 0.717) is 5.75 Å². The molecule has 0 aromatic carbocycles. The van der Waals surface area contributed by atoms with Crippen molar-refractivity contribution in [3.8, 4) is 0 Å². The molecule has 0 heterocycles. The van der Waals surface area contributed by atoms with Crippen molar-refractivity contribution in [3.05, 3.63) is 0 Å². The van der Waals surface area contributed by atoms with Gasteiger partial charge in [-0.3, -0.25) is 0 Å². The van der Waals surface area contributed by atoms with Crippen molar-refractivity contribution in [2.45, 2.75) is 25.7 Å². The van der Waals surface area contributed by atoms with E-state index in [9.17, 15) is 8.42 Å². The summed E-state index contributed by atoms with van der Waals surface area (Å²) in [5.74, 6) is 0.343. The Hall–Kier alpha value is 0.430. The molecule has 4 heteroatoms. The first-order valence-corrected chi connectivity index (χ1v) is 6.98. The van der Waals surface area contributed by atoms with Crippen LogP contribution in [0.25, 0.3) is 0 Å². The highest BCUT2D eigenvalue weighted by molar-refractivity contribution is 9.09. The monoisotopic (exact) mass is 242 g/mol. The fourth-order valence-electron chi connectivity index (χ4n) is 0.812. The van der Waals surface area contributed by atoms with Crippen LogP contribution in [0.2, 0.25) is 0 Å². The van der Waals surface area contributed by atoms with Crippen molar-refractivity contribution in [1.29, 1.82) is 0 Å². The molecular weight excluding hydrogens is 228 g/mol. The maximum atomic E-state index is 10.7. The molecule has 0 aromatic heterocycles. The summed E-state index contributed by atoms with van der Waals surface area (Å²) in [6.07, 6.45) is 5.40. The lowest BCUT2D eigenvalue weighted by atomic mass is 10.2. The topological polar surface area (TPSA) is 34.1 Å². The summed E-state index contributed by atoms with van der Waals surface area (Å²) >= 11 is 3.32. The molecule has 0 radical (unpaired) electrons. The number of unbranched alkanes of at least 4 members (excludes halogenated alkanes) is 3. The van der Waals surface area contributed by atoms with Crippen LogP contribution in [0.1, 0.15) is 25.7 Å². The van der Waals surface area contributed by atoms with Crippen molar-refractivity contribution in [2.24, 2.45) is 0 Å². The molecule has 0 aromatic rings. The van der Waals surface area contributed by atoms with E-state index in [2.05, 4.69) is 15.9 Å². The summed E-state index contributed by atoms with van der Waals surface area (Å²) in [5, 5.41) is 1.02. The van der Waals surface area contributed by atoms with Crippen molar-refractivity contribution in [2.75, 3.05) is 17.3 Å². The smallest absolute Gasteiger partial charge is 0.147 e. The number of hydrogen-bond acceptors (Lipinski definition) is 2. The highest BCUT2D eigenvalue weighted by Crippen LogP contribution is 2.03. The van der Waals surface area contributed by atoms with E-state index < -0.39 is 9.84 Å². The van der Waals surface area contributed by atoms with Gasteiger partial charge in [-0.25, -0.2) is 8.42 Å². The summed E-state index contributed by atoms with van der Waals surface area (Å²) in [7, 11) is -2.72. The second-order valence-electron chi connectivity index (χ2n) is 2.73. The lowest BCUT2D eigenvalue weighted by molar-refractivity contribution is 0.595. The predicted octanol–water partition coefficient (Wildman–Crippen LogP) is 1.99. The predicted molar refractivity (Wildman–Crippen MR) is 52.0 cm³/mol. The van der Waals surface area contributed by atoms with Crippen molar-refractivity contribution in [1.82, 2.24) is 0 Å². The van der Waals surface area contributed by atoms with Crippen LogP contribution in [0.4, 0.5) is 0 Å². The molecule has 0 aliphatic rings. The zero-order valence-corrected chi connectivity index (χ0v) is 9.25. The van der Waals surface area contributed by atoms with E-state index in [0.717, 1.165) is 31.0 Å². The van der Waals surface area contributed by atoms with E-state index in [1.165, 1.54) is 6.26 Å². The zero-order valence-electron chi connectivity index (χ0n) is 6.85. The normalized spacial score (nSPS) is 11.8. The van der Waals surface area contributed by atoms with Crippen LogP contribution in [0.5, 0.6) is 0 Å². The van der Waals surface area contributed by atoms with Gasteiger partial charge in [0.1, 0.15) is 9.84 Å². The summed E-state index contributed by atoms with van der Waals surface area (Å²) in [5.41, 5.74) is 0. The highest BCUT2D eigenvalue weighted by atomic mass is 79.9. The van der Waals surface area contributed by atoms with Gasteiger partial charge in [0.25, 0.3) is 0 Å². The molecule has 0 aliphatic heterocycles. The molecule has 0 N–H and O–H groups in total. The Morgan fingerprint density at radius 1 is 1.09 bits per heavy atom. The van der Waals surface area contributed by atoms with Crippen LogP contribution in [-0.4, -0.2) is 25.8 Å². The summed E-state index contributed by atoms with van der Waals surface area (Å²) in [4.78, 5) is 0. The van der Waals surface area contributed by atoms with E-state index in [-0.39, 0.29) is 0 Å². The van der Waals surface area contributed by atoms with Crippen LogP contribution >= 0.6 is 15.9 Å². The van der Waals surface area contributed by atoms with Gasteiger partial charge in [0.15, 0.2) is 0 Å². The second kappa shape index (κ2) is 6.00. The zero-order chi connectivity index (χ0) is 8.74. The van der Waals surface area contributed by atoms with Gasteiger partial charge in [-0.15, -0.1) is 0 Å². The lowest BCUT2D eigenvalue weighted by Crippen LogP contribution is -2.02. The molecule has 0 rings (SSSR count). The molecule has 11 heavy (non-hydrogen) atoms. The third-order valence-electron chi connectivity index (χ3n) is 1.40. The van der Waals surface area contributed by atoms with E-state index in [1.54, 1.807) is 0 Å². The third-order valence-corrected chi connectivity index (χ3v) is 2.99. The first kappa shape index (κ1) is 11.4. The van der Waals surface area contributed by atoms with Crippen molar-refractivity contribution < 1.29 is 8.42 Å². The van der Waals surface area contributed by atoms with Gasteiger partial charge in [-0.05, 0) is 12.8 Å². The highest BCUT2D eigenvalue weighted by Gasteiger charge is 1.99. The number of halogens is 1. The molecule has 68 valence electrons. The molecule has 0 unspecified atom stereocenters. The summed E-state index contributed by atoms with van der Waals surface area (Å²) in [6.45, 7) is 0. The lowest BCUT2D eigenvalue weighted by Gasteiger charge is -1.97. The van der Waals surface area contributed by atoms with Crippen LogP contribution in [0.15, 0.2) is 0 Å². The first-order valence-electron chi connectivity index (χ1n) is 3.80. The fraction of sp³-hybridized carbons (Fsp3) is 1.00. The van der Waals surface area contributed by atoms with Gasteiger partial charge in [0, 0.05) is 17.3 Å². The van der Waals surface area contributed by atoms with Gasteiger partial charge in [-0.2, -0.15) is 0 Å². The van der Waals surface area contributed by atoms with Gasteiger partial charge in [-0.1, -0.05) is 28.8 Å². The van der Waals surface area contributed by atoms with Crippen LogP contribution in [0.3, 0.4) is 0 Å². The largest absolute Gasteiger partial charge is 0.229 e. The van der Waals surface area contributed by atoms with Gasteiger partial charge in [0.2, 0.25) is 0 Å². The molecule has 2 nitrogen and oxygen atoms in total. The second-order valence-corrected chi connectivity index (χ2v) is 5.79. The molecular formula is C7H15BrO2S. The number of alkyl halides is 1. The molecule has 0 amide bonds. The third kappa shape index (κ3) is 10.4. The Morgan fingerprint density at radius 3 is 2.09 bits per heavy atom. The summed E-state index contributed by atoms with van der Waals surface area (Å²) in [6, 6.07) is 0. The average Bonchev–Trinajstić information content (AvgIpc) is 1.85. The van der Waals surface area contributed by atoms with E-state index in [4.69, 9.17) is 0 Å². The number of hydrogen-bond donors (Lipinski definition) is 0.